The summed E-state index contributed by atoms with van der Waals surface area (Å²) in [6.07, 6.45) is 2.58. The number of carbonyl (C=O) groups is 6. The monoisotopic (exact) mass is 477 g/mol. The van der Waals surface area contributed by atoms with Gasteiger partial charge in [-0.15, -0.1) is 0 Å². The summed E-state index contributed by atoms with van der Waals surface area (Å²) in [7, 11) is 0. The maximum Gasteiger partial charge on any atom is 0.313 e. The van der Waals surface area contributed by atoms with Crippen molar-refractivity contribution in [2.45, 2.75) is 38.6 Å². The first kappa shape index (κ1) is 23.7. The number of aryl methyl sites for hydroxylation is 2. The van der Waals surface area contributed by atoms with Crippen LogP contribution < -0.4 is 16.0 Å². The third kappa shape index (κ3) is 5.08. The number of hydrogen-bond acceptors (Lipinski definition) is 7. The summed E-state index contributed by atoms with van der Waals surface area (Å²) < 4.78 is 0. The number of nitrogens with zero attached hydrogens (tertiary/aromatic N) is 2. The maximum atomic E-state index is 12.9. The zero-order valence-corrected chi connectivity index (χ0v) is 18.9. The number of rotatable bonds is 6. The van der Waals surface area contributed by atoms with E-state index in [0.29, 0.717) is 18.5 Å². The normalized spacial score (nSPS) is 17.2. The van der Waals surface area contributed by atoms with Crippen LogP contribution in [0.15, 0.2) is 36.5 Å². The van der Waals surface area contributed by atoms with Crippen LogP contribution >= 0.6 is 0 Å². The second-order valence-corrected chi connectivity index (χ2v) is 8.33. The van der Waals surface area contributed by atoms with Gasteiger partial charge in [0.2, 0.25) is 11.8 Å². The molecule has 1 aromatic heterocycles. The molecule has 0 radical (unpaired) electrons. The number of fused-ring (bicyclic) bond motifs is 1. The van der Waals surface area contributed by atoms with E-state index in [9.17, 15) is 28.8 Å². The Morgan fingerprint density at radius 3 is 2.54 bits per heavy atom. The van der Waals surface area contributed by atoms with Crippen molar-refractivity contribution in [1.82, 2.24) is 20.5 Å². The van der Waals surface area contributed by atoms with E-state index in [-0.39, 0.29) is 30.5 Å². The van der Waals surface area contributed by atoms with Gasteiger partial charge in [-0.3, -0.25) is 44.0 Å². The van der Waals surface area contributed by atoms with Crippen LogP contribution in [-0.4, -0.2) is 57.9 Å². The topological polar surface area (TPSA) is 155 Å². The molecule has 11 nitrogen and oxygen atoms in total. The SMILES string of the molecule is Cc1ccc(NC(=O)C(=O)NCCCc2ccc3c(c2)C(=O)N(C2CCC(=O)NC2=O)C3=O)cn1. The lowest BCUT2D eigenvalue weighted by Crippen LogP contribution is -2.54. The van der Waals surface area contributed by atoms with Crippen LogP contribution in [0.25, 0.3) is 0 Å². The molecule has 2 aliphatic heterocycles. The summed E-state index contributed by atoms with van der Waals surface area (Å²) in [6, 6.07) is 7.19. The van der Waals surface area contributed by atoms with Crippen molar-refractivity contribution in [3.8, 4) is 0 Å². The molecule has 0 spiro atoms. The van der Waals surface area contributed by atoms with Crippen LogP contribution in [0.5, 0.6) is 0 Å². The van der Waals surface area contributed by atoms with Gasteiger partial charge in [-0.05, 0) is 56.0 Å². The average molecular weight is 477 g/mol. The maximum absolute atomic E-state index is 12.9. The fraction of sp³-hybridized carbons (Fsp3) is 0.292. The van der Waals surface area contributed by atoms with Crippen molar-refractivity contribution in [3.05, 3.63) is 58.9 Å². The molecule has 0 saturated carbocycles. The Labute approximate surface area is 200 Å². The summed E-state index contributed by atoms with van der Waals surface area (Å²) in [6.45, 7) is 2.03. The molecule has 1 aromatic carbocycles. The molecule has 1 saturated heterocycles. The van der Waals surface area contributed by atoms with Gasteiger partial charge >= 0.3 is 11.8 Å². The van der Waals surface area contributed by atoms with E-state index in [1.807, 2.05) is 6.92 Å². The number of nitrogens with one attached hydrogen (secondary N) is 3. The summed E-state index contributed by atoms with van der Waals surface area (Å²) >= 11 is 0. The molecule has 1 atom stereocenters. The molecule has 0 bridgehead atoms. The third-order valence-corrected chi connectivity index (χ3v) is 5.81. The first-order valence-corrected chi connectivity index (χ1v) is 11.1. The minimum atomic E-state index is -1.01. The predicted molar refractivity (Wildman–Crippen MR) is 122 cm³/mol. The highest BCUT2D eigenvalue weighted by Gasteiger charge is 2.44. The van der Waals surface area contributed by atoms with Gasteiger partial charge in [-0.1, -0.05) is 6.07 Å². The molecule has 1 fully saturated rings. The number of hydrogen-bond donors (Lipinski definition) is 3. The van der Waals surface area contributed by atoms with Crippen molar-refractivity contribution in [3.63, 3.8) is 0 Å². The van der Waals surface area contributed by atoms with E-state index in [2.05, 4.69) is 20.9 Å². The summed E-state index contributed by atoms with van der Waals surface area (Å²) in [5, 5.41) is 7.17. The number of amides is 6. The largest absolute Gasteiger partial charge is 0.348 e. The minimum Gasteiger partial charge on any atom is -0.348 e. The van der Waals surface area contributed by atoms with Gasteiger partial charge in [-0.25, -0.2) is 0 Å². The quantitative estimate of drug-likeness (QED) is 0.310. The van der Waals surface area contributed by atoms with Gasteiger partial charge in [0, 0.05) is 18.7 Å². The van der Waals surface area contributed by atoms with E-state index >= 15 is 0 Å². The zero-order valence-electron chi connectivity index (χ0n) is 18.9. The van der Waals surface area contributed by atoms with Gasteiger partial charge < -0.3 is 10.6 Å². The Bertz CT molecular complexity index is 1240. The van der Waals surface area contributed by atoms with Crippen LogP contribution in [0.1, 0.15) is 51.2 Å². The fourth-order valence-corrected chi connectivity index (χ4v) is 3.98. The highest BCUT2D eigenvalue weighted by Crippen LogP contribution is 2.28. The molecule has 1 unspecified atom stereocenters. The number of piperidine rings is 1. The van der Waals surface area contributed by atoms with Gasteiger partial charge in [-0.2, -0.15) is 0 Å². The summed E-state index contributed by atoms with van der Waals surface area (Å²) in [4.78, 5) is 78.1. The van der Waals surface area contributed by atoms with Crippen LogP contribution in [-0.2, 0) is 25.6 Å². The van der Waals surface area contributed by atoms with Gasteiger partial charge in [0.15, 0.2) is 0 Å². The third-order valence-electron chi connectivity index (χ3n) is 5.81. The lowest BCUT2D eigenvalue weighted by Gasteiger charge is -2.27. The van der Waals surface area contributed by atoms with Crippen LogP contribution in [0, 0.1) is 6.92 Å². The van der Waals surface area contributed by atoms with Crippen molar-refractivity contribution in [2.24, 2.45) is 0 Å². The second kappa shape index (κ2) is 9.84. The molecule has 2 aliphatic rings. The number of pyridine rings is 1. The second-order valence-electron chi connectivity index (χ2n) is 8.33. The molecule has 11 heteroatoms. The Kier molecular flexibility index (Phi) is 6.67. The Balaban J connectivity index is 1.30. The van der Waals surface area contributed by atoms with E-state index in [4.69, 9.17) is 0 Å². The van der Waals surface area contributed by atoms with Crippen molar-refractivity contribution in [1.29, 1.82) is 0 Å². The number of anilines is 1. The summed E-state index contributed by atoms with van der Waals surface area (Å²) in [5.41, 5.74) is 2.37. The van der Waals surface area contributed by atoms with Crippen LogP contribution in [0.2, 0.25) is 0 Å². The van der Waals surface area contributed by atoms with Crippen LogP contribution in [0.3, 0.4) is 0 Å². The van der Waals surface area contributed by atoms with Crippen molar-refractivity contribution >= 4 is 41.1 Å². The first-order chi connectivity index (χ1) is 16.7. The Hall–Kier alpha value is -4.41. The summed E-state index contributed by atoms with van der Waals surface area (Å²) in [5.74, 6) is -3.80. The molecular formula is C24H23N5O6. The predicted octanol–water partition coefficient (Wildman–Crippen LogP) is 0.479. The molecule has 0 aliphatic carbocycles. The van der Waals surface area contributed by atoms with Gasteiger partial charge in [0.25, 0.3) is 11.8 Å². The minimum absolute atomic E-state index is 0.0563. The van der Waals surface area contributed by atoms with E-state index in [1.54, 1.807) is 30.3 Å². The first-order valence-electron chi connectivity index (χ1n) is 11.1. The Morgan fingerprint density at radius 2 is 1.83 bits per heavy atom. The molecule has 2 aromatic rings. The molecule has 35 heavy (non-hydrogen) atoms. The number of benzene rings is 1. The number of imide groups is 2. The number of carbonyl (C=O) groups excluding carboxylic acids is 6. The smallest absolute Gasteiger partial charge is 0.313 e. The lowest BCUT2D eigenvalue weighted by molar-refractivity contribution is -0.136. The molecule has 3 N–H and O–H groups in total. The van der Waals surface area contributed by atoms with E-state index in [0.717, 1.165) is 16.2 Å². The molecular weight excluding hydrogens is 454 g/mol. The van der Waals surface area contributed by atoms with Crippen molar-refractivity contribution < 1.29 is 28.8 Å². The van der Waals surface area contributed by atoms with Crippen LogP contribution in [0.4, 0.5) is 5.69 Å². The van der Waals surface area contributed by atoms with Gasteiger partial charge in [0.1, 0.15) is 6.04 Å². The average Bonchev–Trinajstić information content (AvgIpc) is 3.07. The highest BCUT2D eigenvalue weighted by molar-refractivity contribution is 6.39. The molecule has 3 heterocycles. The van der Waals surface area contributed by atoms with E-state index < -0.39 is 41.5 Å². The molecule has 4 rings (SSSR count). The Morgan fingerprint density at radius 1 is 1.06 bits per heavy atom. The molecule has 6 amide bonds. The van der Waals surface area contributed by atoms with Crippen molar-refractivity contribution in [2.75, 3.05) is 11.9 Å². The highest BCUT2D eigenvalue weighted by atomic mass is 16.2. The van der Waals surface area contributed by atoms with Gasteiger partial charge in [0.05, 0.1) is 23.0 Å². The fourth-order valence-electron chi connectivity index (χ4n) is 3.98. The van der Waals surface area contributed by atoms with E-state index in [1.165, 1.54) is 6.20 Å². The number of aromatic nitrogens is 1. The lowest BCUT2D eigenvalue weighted by atomic mass is 10.0. The zero-order chi connectivity index (χ0) is 25.1. The standard InChI is InChI=1S/C24H23N5O6/c1-13-4-6-15(12-26-13)27-22(33)21(32)25-10-2-3-14-5-7-16-17(11-14)24(35)29(23(16)34)18-8-9-19(30)28-20(18)31/h4-7,11-12,18H,2-3,8-10H2,1H3,(H,25,32)(H,27,33)(H,28,30,31). The molecule has 180 valence electrons.